The van der Waals surface area contributed by atoms with Crippen LogP contribution in [-0.4, -0.2) is 69.3 Å². The number of carbonyl (C=O) groups excluding carboxylic acids is 2. The number of carbonyl (C=O) groups is 2. The zero-order chi connectivity index (χ0) is 20.9. The molecule has 1 heterocycles. The minimum absolute atomic E-state index is 0.0669. The third-order valence-corrected chi connectivity index (χ3v) is 7.69. The van der Waals surface area contributed by atoms with Crippen LogP contribution in [0.2, 0.25) is 0 Å². The predicted molar refractivity (Wildman–Crippen MR) is 110 cm³/mol. The average Bonchev–Trinajstić information content (AvgIpc) is 2.74. The minimum Gasteiger partial charge on any atom is -0.341 e. The molecule has 0 radical (unpaired) electrons. The van der Waals surface area contributed by atoms with Crippen LogP contribution in [0.1, 0.15) is 43.6 Å². The second-order valence-corrected chi connectivity index (χ2v) is 9.65. The van der Waals surface area contributed by atoms with Crippen molar-refractivity contribution >= 4 is 22.0 Å². The Morgan fingerprint density at radius 1 is 1.00 bits per heavy atom. The van der Waals surface area contributed by atoms with E-state index in [9.17, 15) is 18.0 Å². The van der Waals surface area contributed by atoms with Crippen LogP contribution in [0, 0.1) is 0 Å². The second-order valence-electron chi connectivity index (χ2n) is 7.71. The lowest BCUT2D eigenvalue weighted by Gasteiger charge is -2.33. The maximum absolute atomic E-state index is 13.0. The van der Waals surface area contributed by atoms with E-state index in [0.29, 0.717) is 37.0 Å². The molecule has 9 heteroatoms. The molecule has 3 rings (SSSR count). The van der Waals surface area contributed by atoms with Crippen molar-refractivity contribution in [1.29, 1.82) is 0 Å². The number of hydrogen-bond donors (Lipinski definition) is 2. The molecule has 0 spiro atoms. The van der Waals surface area contributed by atoms with Crippen molar-refractivity contribution in [3.63, 3.8) is 0 Å². The number of nitrogens with one attached hydrogen (secondary N) is 2. The van der Waals surface area contributed by atoms with Crippen LogP contribution in [-0.2, 0) is 14.8 Å². The summed E-state index contributed by atoms with van der Waals surface area (Å²) in [5.41, 5.74) is 1.23. The summed E-state index contributed by atoms with van der Waals surface area (Å²) in [5, 5.41) is 4.54. The first-order valence-corrected chi connectivity index (χ1v) is 11.7. The summed E-state index contributed by atoms with van der Waals surface area (Å²) >= 11 is 0. The Kier molecular flexibility index (Phi) is 7.26. The van der Waals surface area contributed by atoms with Gasteiger partial charge in [-0.15, -0.1) is 0 Å². The summed E-state index contributed by atoms with van der Waals surface area (Å²) in [7, 11) is -2.10. The van der Waals surface area contributed by atoms with Gasteiger partial charge in [0.25, 0.3) is 0 Å². The summed E-state index contributed by atoms with van der Waals surface area (Å²) < 4.78 is 27.4. The van der Waals surface area contributed by atoms with Crippen molar-refractivity contribution in [2.75, 3.05) is 39.8 Å². The van der Waals surface area contributed by atoms with Crippen LogP contribution in [0.3, 0.4) is 0 Å². The number of urea groups is 1. The van der Waals surface area contributed by atoms with E-state index in [4.69, 9.17) is 0 Å². The minimum atomic E-state index is -3.54. The molecule has 0 atom stereocenters. The molecule has 1 saturated heterocycles. The molecule has 1 aromatic rings. The van der Waals surface area contributed by atoms with Gasteiger partial charge >= 0.3 is 6.03 Å². The van der Waals surface area contributed by atoms with Crippen molar-refractivity contribution in [2.24, 2.45) is 0 Å². The molecule has 29 heavy (non-hydrogen) atoms. The van der Waals surface area contributed by atoms with E-state index in [-0.39, 0.29) is 6.54 Å². The predicted octanol–water partition coefficient (Wildman–Crippen LogP) is 1.50. The molecule has 2 N–H and O–H groups in total. The molecule has 8 nitrogen and oxygen atoms in total. The number of nitrogens with zero attached hydrogens (tertiary/aromatic N) is 2. The molecule has 0 unspecified atom stereocenters. The number of benzene rings is 1. The Bertz CT molecular complexity index is 811. The van der Waals surface area contributed by atoms with E-state index in [0.717, 1.165) is 0 Å². The highest BCUT2D eigenvalue weighted by molar-refractivity contribution is 7.89. The largest absolute Gasteiger partial charge is 0.341 e. The van der Waals surface area contributed by atoms with E-state index in [1.807, 2.05) is 17.0 Å². The molecular formula is C20H30N4O4S. The van der Waals surface area contributed by atoms with Crippen molar-refractivity contribution in [3.8, 4) is 0 Å². The van der Waals surface area contributed by atoms with E-state index in [2.05, 4.69) is 10.6 Å². The molecule has 2 aliphatic rings. The quantitative estimate of drug-likeness (QED) is 0.749. The molecule has 1 aliphatic carbocycles. The van der Waals surface area contributed by atoms with Gasteiger partial charge in [-0.25, -0.2) is 13.2 Å². The summed E-state index contributed by atoms with van der Waals surface area (Å²) in [6.07, 6.45) is 6.15. The lowest BCUT2D eigenvalue weighted by Crippen LogP contribution is -2.52. The van der Waals surface area contributed by atoms with E-state index in [1.165, 1.54) is 49.0 Å². The Hall–Kier alpha value is -1.97. The average molecular weight is 423 g/mol. The van der Waals surface area contributed by atoms with Gasteiger partial charge in [-0.2, -0.15) is 4.31 Å². The van der Waals surface area contributed by atoms with Gasteiger partial charge in [-0.3, -0.25) is 15.0 Å². The first kappa shape index (κ1) is 21.7. The fourth-order valence-corrected chi connectivity index (χ4v) is 5.48. The first-order chi connectivity index (χ1) is 13.9. The lowest BCUT2D eigenvalue weighted by atomic mass is 9.84. The number of piperazine rings is 1. The maximum Gasteiger partial charge on any atom is 0.321 e. The highest BCUT2D eigenvalue weighted by Gasteiger charge is 2.29. The van der Waals surface area contributed by atoms with Crippen LogP contribution in [0.15, 0.2) is 29.2 Å². The third kappa shape index (κ3) is 5.55. The SMILES string of the molecule is CNC(=O)NC(=O)CN1CCN(S(=O)(=O)c2ccc(C3CCCCC3)cc2)CC1. The van der Waals surface area contributed by atoms with E-state index in [1.54, 1.807) is 12.1 Å². The number of sulfonamides is 1. The molecule has 0 bridgehead atoms. The van der Waals surface area contributed by atoms with E-state index < -0.39 is 22.0 Å². The number of rotatable bonds is 5. The fourth-order valence-electron chi connectivity index (χ4n) is 4.06. The number of imide groups is 1. The topological polar surface area (TPSA) is 98.8 Å². The van der Waals surface area contributed by atoms with Crippen LogP contribution in [0.4, 0.5) is 4.79 Å². The highest BCUT2D eigenvalue weighted by Crippen LogP contribution is 2.33. The Labute approximate surface area is 172 Å². The van der Waals surface area contributed by atoms with Gasteiger partial charge in [0.15, 0.2) is 0 Å². The normalized spacial score (nSPS) is 19.6. The standard InChI is InChI=1S/C20H30N4O4S/c1-21-20(26)22-19(25)15-23-11-13-24(14-12-23)29(27,28)18-9-7-17(8-10-18)16-5-3-2-4-6-16/h7-10,16H,2-6,11-15H2,1H3,(H2,21,22,25,26). The smallest absolute Gasteiger partial charge is 0.321 e. The second kappa shape index (κ2) is 9.69. The van der Waals surface area contributed by atoms with Crippen molar-refractivity contribution in [1.82, 2.24) is 19.8 Å². The van der Waals surface area contributed by atoms with Gasteiger partial charge in [-0.1, -0.05) is 31.4 Å². The van der Waals surface area contributed by atoms with Gasteiger partial charge in [0.05, 0.1) is 11.4 Å². The molecule has 1 saturated carbocycles. The molecule has 1 aromatic carbocycles. The van der Waals surface area contributed by atoms with Gasteiger partial charge in [-0.05, 0) is 36.5 Å². The summed E-state index contributed by atoms with van der Waals surface area (Å²) in [6.45, 7) is 1.60. The molecule has 1 aliphatic heterocycles. The van der Waals surface area contributed by atoms with Crippen LogP contribution in [0.25, 0.3) is 0 Å². The first-order valence-electron chi connectivity index (χ1n) is 10.2. The summed E-state index contributed by atoms with van der Waals surface area (Å²) in [6, 6.07) is 6.82. The lowest BCUT2D eigenvalue weighted by molar-refractivity contribution is -0.121. The van der Waals surface area contributed by atoms with E-state index >= 15 is 0 Å². The zero-order valence-corrected chi connectivity index (χ0v) is 17.7. The number of amides is 3. The third-order valence-electron chi connectivity index (χ3n) is 5.77. The Balaban J connectivity index is 1.55. The van der Waals surface area contributed by atoms with Crippen LogP contribution in [0.5, 0.6) is 0 Å². The zero-order valence-electron chi connectivity index (χ0n) is 16.9. The maximum atomic E-state index is 13.0. The van der Waals surface area contributed by atoms with Gasteiger partial charge in [0.1, 0.15) is 0 Å². The number of hydrogen-bond acceptors (Lipinski definition) is 5. The molecular weight excluding hydrogens is 392 g/mol. The monoisotopic (exact) mass is 422 g/mol. The molecule has 160 valence electrons. The fraction of sp³-hybridized carbons (Fsp3) is 0.600. The van der Waals surface area contributed by atoms with Gasteiger partial charge in [0, 0.05) is 33.2 Å². The van der Waals surface area contributed by atoms with Crippen molar-refractivity contribution < 1.29 is 18.0 Å². The highest BCUT2D eigenvalue weighted by atomic mass is 32.2. The van der Waals surface area contributed by atoms with Gasteiger partial charge in [0.2, 0.25) is 15.9 Å². The summed E-state index contributed by atoms with van der Waals surface area (Å²) in [5.74, 6) is 0.143. The summed E-state index contributed by atoms with van der Waals surface area (Å²) in [4.78, 5) is 25.1. The van der Waals surface area contributed by atoms with Crippen LogP contribution >= 0.6 is 0 Å². The van der Waals surface area contributed by atoms with Gasteiger partial charge < -0.3 is 5.32 Å². The van der Waals surface area contributed by atoms with Crippen LogP contribution < -0.4 is 10.6 Å². The van der Waals surface area contributed by atoms with Crippen molar-refractivity contribution in [3.05, 3.63) is 29.8 Å². The molecule has 0 aromatic heterocycles. The Morgan fingerprint density at radius 3 is 2.21 bits per heavy atom. The van der Waals surface area contributed by atoms with Crippen molar-refractivity contribution in [2.45, 2.75) is 42.9 Å². The molecule has 3 amide bonds. The molecule has 2 fully saturated rings. The Morgan fingerprint density at radius 2 is 1.62 bits per heavy atom.